The lowest BCUT2D eigenvalue weighted by atomic mass is 10.1. The van der Waals surface area contributed by atoms with Crippen molar-refractivity contribution in [3.8, 4) is 11.5 Å². The second kappa shape index (κ2) is 5.72. The molecule has 1 atom stereocenters. The zero-order valence-electron chi connectivity index (χ0n) is 9.90. The van der Waals surface area contributed by atoms with Crippen LogP contribution in [0.2, 0.25) is 0 Å². The number of benzene rings is 1. The molecule has 0 aliphatic heterocycles. The molecule has 0 aliphatic carbocycles. The van der Waals surface area contributed by atoms with E-state index in [1.165, 1.54) is 12.1 Å². The van der Waals surface area contributed by atoms with Crippen LogP contribution in [0.4, 0.5) is 0 Å². The molecule has 90 valence electrons. The summed E-state index contributed by atoms with van der Waals surface area (Å²) in [6.07, 6.45) is -0.127. The predicted molar refractivity (Wildman–Crippen MR) is 62.4 cm³/mol. The number of phenols is 2. The topological polar surface area (TPSA) is 61.7 Å². The summed E-state index contributed by atoms with van der Waals surface area (Å²) in [5, 5.41) is 21.7. The van der Waals surface area contributed by atoms with Crippen LogP contribution in [0, 0.1) is 0 Å². The maximum atomic E-state index is 9.34. The Morgan fingerprint density at radius 2 is 1.88 bits per heavy atom. The Balaban J connectivity index is 2.52. The highest BCUT2D eigenvalue weighted by Gasteiger charge is 2.08. The van der Waals surface area contributed by atoms with Gasteiger partial charge in [-0.15, -0.1) is 0 Å². The molecule has 3 N–H and O–H groups in total. The standard InChI is InChI=1S/C12H19NO3/c1-8(2)13-7-16-9(3)10-4-5-11(14)12(15)6-10/h4-6,8-9,13-15H,7H2,1-3H3. The van der Waals surface area contributed by atoms with Crippen molar-refractivity contribution in [2.45, 2.75) is 32.9 Å². The van der Waals surface area contributed by atoms with Crippen molar-refractivity contribution in [1.82, 2.24) is 5.32 Å². The van der Waals surface area contributed by atoms with Gasteiger partial charge in [0.15, 0.2) is 11.5 Å². The van der Waals surface area contributed by atoms with Crippen molar-refractivity contribution >= 4 is 0 Å². The lowest BCUT2D eigenvalue weighted by Gasteiger charge is -2.16. The highest BCUT2D eigenvalue weighted by Crippen LogP contribution is 2.28. The van der Waals surface area contributed by atoms with Crippen LogP contribution in [0.3, 0.4) is 0 Å². The number of nitrogens with one attached hydrogen (secondary N) is 1. The van der Waals surface area contributed by atoms with E-state index in [4.69, 9.17) is 4.74 Å². The van der Waals surface area contributed by atoms with Crippen molar-refractivity contribution in [3.63, 3.8) is 0 Å². The van der Waals surface area contributed by atoms with E-state index in [0.717, 1.165) is 5.56 Å². The molecule has 0 aliphatic rings. The minimum Gasteiger partial charge on any atom is -0.504 e. The van der Waals surface area contributed by atoms with E-state index < -0.39 is 0 Å². The Bertz CT molecular complexity index is 339. The van der Waals surface area contributed by atoms with Crippen molar-refractivity contribution < 1.29 is 14.9 Å². The van der Waals surface area contributed by atoms with Crippen molar-refractivity contribution in [2.75, 3.05) is 6.73 Å². The maximum Gasteiger partial charge on any atom is 0.157 e. The van der Waals surface area contributed by atoms with Crippen LogP contribution in [0.15, 0.2) is 18.2 Å². The third-order valence-corrected chi connectivity index (χ3v) is 2.29. The molecule has 0 heterocycles. The van der Waals surface area contributed by atoms with Crippen LogP contribution >= 0.6 is 0 Å². The Hall–Kier alpha value is -1.26. The molecular formula is C12H19NO3. The molecule has 1 rings (SSSR count). The van der Waals surface area contributed by atoms with Gasteiger partial charge in [-0.1, -0.05) is 6.07 Å². The first-order chi connectivity index (χ1) is 7.50. The van der Waals surface area contributed by atoms with Crippen molar-refractivity contribution in [1.29, 1.82) is 0 Å². The average molecular weight is 225 g/mol. The van der Waals surface area contributed by atoms with Gasteiger partial charge in [0.05, 0.1) is 12.8 Å². The third-order valence-electron chi connectivity index (χ3n) is 2.29. The fraction of sp³-hybridized carbons (Fsp3) is 0.500. The summed E-state index contributed by atoms with van der Waals surface area (Å²) >= 11 is 0. The molecule has 0 saturated heterocycles. The molecule has 0 saturated carbocycles. The number of ether oxygens (including phenoxy) is 1. The highest BCUT2D eigenvalue weighted by molar-refractivity contribution is 5.41. The summed E-state index contributed by atoms with van der Waals surface area (Å²) in [7, 11) is 0. The Morgan fingerprint density at radius 3 is 2.44 bits per heavy atom. The second-order valence-electron chi connectivity index (χ2n) is 4.06. The SMILES string of the molecule is CC(C)NCOC(C)c1ccc(O)c(O)c1. The summed E-state index contributed by atoms with van der Waals surface area (Å²) in [5.41, 5.74) is 0.834. The molecule has 4 heteroatoms. The lowest BCUT2D eigenvalue weighted by molar-refractivity contribution is 0.0479. The summed E-state index contributed by atoms with van der Waals surface area (Å²) in [4.78, 5) is 0. The molecule has 1 aromatic carbocycles. The molecule has 0 bridgehead atoms. The van der Waals surface area contributed by atoms with Crippen LogP contribution in [-0.2, 0) is 4.74 Å². The third kappa shape index (κ3) is 3.72. The molecule has 0 fully saturated rings. The zero-order valence-corrected chi connectivity index (χ0v) is 9.90. The molecule has 0 spiro atoms. The summed E-state index contributed by atoms with van der Waals surface area (Å²) in [6, 6.07) is 5.07. The van der Waals surface area contributed by atoms with E-state index in [0.29, 0.717) is 12.8 Å². The second-order valence-corrected chi connectivity index (χ2v) is 4.06. The fourth-order valence-electron chi connectivity index (χ4n) is 1.23. The van der Waals surface area contributed by atoms with Gasteiger partial charge in [0.1, 0.15) is 0 Å². The van der Waals surface area contributed by atoms with Crippen LogP contribution in [-0.4, -0.2) is 23.0 Å². The van der Waals surface area contributed by atoms with Crippen molar-refractivity contribution in [2.24, 2.45) is 0 Å². The Labute approximate surface area is 95.9 Å². The zero-order chi connectivity index (χ0) is 12.1. The summed E-state index contributed by atoms with van der Waals surface area (Å²) in [6.45, 7) is 6.44. The summed E-state index contributed by atoms with van der Waals surface area (Å²) < 4.78 is 5.53. The van der Waals surface area contributed by atoms with Gasteiger partial charge in [0.2, 0.25) is 0 Å². The first kappa shape index (κ1) is 12.8. The minimum atomic E-state index is -0.127. The predicted octanol–water partition coefficient (Wildman–Crippen LogP) is 2.13. The first-order valence-electron chi connectivity index (χ1n) is 5.37. The highest BCUT2D eigenvalue weighted by atomic mass is 16.5. The molecular weight excluding hydrogens is 206 g/mol. The monoisotopic (exact) mass is 225 g/mol. The van der Waals surface area contributed by atoms with Gasteiger partial charge < -0.3 is 14.9 Å². The van der Waals surface area contributed by atoms with E-state index >= 15 is 0 Å². The van der Waals surface area contributed by atoms with Gasteiger partial charge in [0, 0.05) is 6.04 Å². The number of aromatic hydroxyl groups is 2. The van der Waals surface area contributed by atoms with Gasteiger partial charge in [0.25, 0.3) is 0 Å². The molecule has 0 radical (unpaired) electrons. The van der Waals surface area contributed by atoms with Gasteiger partial charge in [-0.05, 0) is 38.5 Å². The molecule has 0 amide bonds. The maximum absolute atomic E-state index is 9.34. The lowest BCUT2D eigenvalue weighted by Crippen LogP contribution is -2.26. The van der Waals surface area contributed by atoms with Gasteiger partial charge in [-0.25, -0.2) is 0 Å². The van der Waals surface area contributed by atoms with Crippen LogP contribution in [0.25, 0.3) is 0 Å². The number of rotatable bonds is 5. The Kier molecular flexibility index (Phi) is 4.58. The van der Waals surface area contributed by atoms with E-state index in [9.17, 15) is 10.2 Å². The largest absolute Gasteiger partial charge is 0.504 e. The average Bonchev–Trinajstić information content (AvgIpc) is 2.21. The van der Waals surface area contributed by atoms with E-state index in [-0.39, 0.29) is 17.6 Å². The molecule has 1 aromatic rings. The van der Waals surface area contributed by atoms with Crippen LogP contribution < -0.4 is 5.32 Å². The number of hydrogen-bond donors (Lipinski definition) is 3. The number of phenolic OH excluding ortho intramolecular Hbond substituents is 2. The fourth-order valence-corrected chi connectivity index (χ4v) is 1.23. The quantitative estimate of drug-likeness (QED) is 0.530. The van der Waals surface area contributed by atoms with Crippen LogP contribution in [0.1, 0.15) is 32.4 Å². The van der Waals surface area contributed by atoms with E-state index in [2.05, 4.69) is 5.32 Å². The van der Waals surface area contributed by atoms with Gasteiger partial charge >= 0.3 is 0 Å². The smallest absolute Gasteiger partial charge is 0.157 e. The van der Waals surface area contributed by atoms with Crippen molar-refractivity contribution in [3.05, 3.63) is 23.8 Å². The Morgan fingerprint density at radius 1 is 1.19 bits per heavy atom. The number of hydrogen-bond acceptors (Lipinski definition) is 4. The molecule has 4 nitrogen and oxygen atoms in total. The molecule has 0 aromatic heterocycles. The van der Waals surface area contributed by atoms with Crippen LogP contribution in [0.5, 0.6) is 11.5 Å². The first-order valence-corrected chi connectivity index (χ1v) is 5.37. The normalized spacial score (nSPS) is 13.0. The summed E-state index contributed by atoms with van der Waals surface area (Å²) in [5.74, 6) is -0.235. The van der Waals surface area contributed by atoms with Gasteiger partial charge in [-0.3, -0.25) is 5.32 Å². The van der Waals surface area contributed by atoms with E-state index in [1.807, 2.05) is 20.8 Å². The minimum absolute atomic E-state index is 0.115. The van der Waals surface area contributed by atoms with E-state index in [1.54, 1.807) is 6.07 Å². The molecule has 1 unspecified atom stereocenters. The molecule has 16 heavy (non-hydrogen) atoms. The van der Waals surface area contributed by atoms with Gasteiger partial charge in [-0.2, -0.15) is 0 Å².